The highest BCUT2D eigenvalue weighted by Crippen LogP contribution is 2.14. The first-order valence-electron chi connectivity index (χ1n) is 4.49. The van der Waals surface area contributed by atoms with Gasteiger partial charge in [0.25, 0.3) is 0 Å². The largest absolute Gasteiger partial charge is 0.478 e. The minimum absolute atomic E-state index is 0.837. The molecular formula is C11H10N2O2. The van der Waals surface area contributed by atoms with Crippen LogP contribution in [0.5, 0.6) is 0 Å². The zero-order valence-corrected chi connectivity index (χ0v) is 8.21. The number of carboxylic acids is 1. The van der Waals surface area contributed by atoms with Crippen LogP contribution in [0.4, 0.5) is 0 Å². The first-order valence-corrected chi connectivity index (χ1v) is 4.49. The Morgan fingerprint density at radius 2 is 2.33 bits per heavy atom. The topological polar surface area (TPSA) is 55.1 Å². The van der Waals surface area contributed by atoms with Crippen LogP contribution in [-0.4, -0.2) is 20.9 Å². The Morgan fingerprint density at radius 1 is 1.53 bits per heavy atom. The highest BCUT2D eigenvalue weighted by Gasteiger charge is 1.98. The van der Waals surface area contributed by atoms with E-state index in [0.717, 1.165) is 22.5 Å². The van der Waals surface area contributed by atoms with E-state index in [4.69, 9.17) is 5.11 Å². The number of carbonyl (C=O) groups is 1. The minimum atomic E-state index is -0.948. The number of fused-ring (bicyclic) bond motifs is 1. The van der Waals surface area contributed by atoms with Gasteiger partial charge in [-0.1, -0.05) is 12.1 Å². The summed E-state index contributed by atoms with van der Waals surface area (Å²) in [5.74, 6) is -0.948. The van der Waals surface area contributed by atoms with Gasteiger partial charge in [-0.05, 0) is 17.7 Å². The monoisotopic (exact) mass is 202 g/mol. The Kier molecular flexibility index (Phi) is 2.25. The van der Waals surface area contributed by atoms with Crippen LogP contribution in [0.25, 0.3) is 17.0 Å². The van der Waals surface area contributed by atoms with Crippen molar-refractivity contribution in [2.75, 3.05) is 0 Å². The molecule has 0 aliphatic heterocycles. The smallest absolute Gasteiger partial charge is 0.328 e. The molecule has 76 valence electrons. The molecule has 0 fully saturated rings. The molecule has 0 spiro atoms. The minimum Gasteiger partial charge on any atom is -0.478 e. The average Bonchev–Trinajstić information content (AvgIpc) is 2.53. The molecule has 1 heterocycles. The van der Waals surface area contributed by atoms with Crippen LogP contribution in [0.1, 0.15) is 5.56 Å². The van der Waals surface area contributed by atoms with Crippen molar-refractivity contribution in [3.05, 3.63) is 36.0 Å². The highest BCUT2D eigenvalue weighted by atomic mass is 16.4. The molecule has 4 nitrogen and oxygen atoms in total. The lowest BCUT2D eigenvalue weighted by atomic mass is 10.1. The van der Waals surface area contributed by atoms with Crippen LogP contribution in [-0.2, 0) is 11.8 Å². The zero-order chi connectivity index (χ0) is 10.8. The average molecular weight is 202 g/mol. The second-order valence-corrected chi connectivity index (χ2v) is 3.29. The summed E-state index contributed by atoms with van der Waals surface area (Å²) < 4.78 is 1.73. The van der Waals surface area contributed by atoms with Gasteiger partial charge in [-0.2, -0.15) is 5.10 Å². The molecule has 1 aromatic heterocycles. The first-order chi connectivity index (χ1) is 7.15. The van der Waals surface area contributed by atoms with Crippen molar-refractivity contribution < 1.29 is 9.90 Å². The maximum Gasteiger partial charge on any atom is 0.328 e. The predicted molar refractivity (Wildman–Crippen MR) is 57.4 cm³/mol. The Labute approximate surface area is 86.4 Å². The number of carboxylic acid groups (broad SMARTS) is 1. The predicted octanol–water partition coefficient (Wildman–Crippen LogP) is 1.67. The Hall–Kier alpha value is -2.10. The van der Waals surface area contributed by atoms with Crippen LogP contribution < -0.4 is 0 Å². The van der Waals surface area contributed by atoms with E-state index in [1.54, 1.807) is 10.8 Å². The maximum absolute atomic E-state index is 10.3. The molecule has 0 bridgehead atoms. The Bertz CT molecular complexity index is 541. The van der Waals surface area contributed by atoms with Gasteiger partial charge in [-0.25, -0.2) is 4.79 Å². The second-order valence-electron chi connectivity index (χ2n) is 3.29. The van der Waals surface area contributed by atoms with Gasteiger partial charge >= 0.3 is 5.97 Å². The number of hydrogen-bond donors (Lipinski definition) is 1. The number of benzene rings is 1. The van der Waals surface area contributed by atoms with Gasteiger partial charge in [0.05, 0.1) is 5.52 Å². The maximum atomic E-state index is 10.3. The first kappa shape index (κ1) is 9.45. The van der Waals surface area contributed by atoms with Gasteiger partial charge in [0, 0.05) is 24.7 Å². The van der Waals surface area contributed by atoms with Crippen molar-refractivity contribution >= 4 is 22.9 Å². The van der Waals surface area contributed by atoms with E-state index < -0.39 is 5.97 Å². The fourth-order valence-electron chi connectivity index (χ4n) is 1.43. The molecule has 0 saturated heterocycles. The van der Waals surface area contributed by atoms with Crippen molar-refractivity contribution in [2.45, 2.75) is 0 Å². The van der Waals surface area contributed by atoms with Gasteiger partial charge in [0.2, 0.25) is 0 Å². The molecule has 15 heavy (non-hydrogen) atoms. The quantitative estimate of drug-likeness (QED) is 0.753. The van der Waals surface area contributed by atoms with E-state index in [0.29, 0.717) is 0 Å². The van der Waals surface area contributed by atoms with E-state index >= 15 is 0 Å². The summed E-state index contributed by atoms with van der Waals surface area (Å²) in [6.07, 6.45) is 4.58. The summed E-state index contributed by atoms with van der Waals surface area (Å²) in [6.45, 7) is 0. The number of hydrogen-bond acceptors (Lipinski definition) is 2. The lowest BCUT2D eigenvalue weighted by Gasteiger charge is -1.91. The number of rotatable bonds is 2. The summed E-state index contributed by atoms with van der Waals surface area (Å²) in [7, 11) is 1.85. The van der Waals surface area contributed by atoms with Crippen molar-refractivity contribution in [3.8, 4) is 0 Å². The van der Waals surface area contributed by atoms with Crippen molar-refractivity contribution in [1.82, 2.24) is 9.78 Å². The van der Waals surface area contributed by atoms with Crippen LogP contribution in [0.2, 0.25) is 0 Å². The molecule has 0 unspecified atom stereocenters. The third kappa shape index (κ3) is 2.04. The molecule has 0 saturated carbocycles. The fraction of sp³-hybridized carbons (Fsp3) is 0.0909. The number of aryl methyl sites for hydroxylation is 1. The molecule has 1 aromatic carbocycles. The lowest BCUT2D eigenvalue weighted by molar-refractivity contribution is -0.131. The summed E-state index contributed by atoms with van der Waals surface area (Å²) in [4.78, 5) is 10.3. The molecular weight excluding hydrogens is 192 g/mol. The fourth-order valence-corrected chi connectivity index (χ4v) is 1.43. The lowest BCUT2D eigenvalue weighted by Crippen LogP contribution is -1.86. The zero-order valence-electron chi connectivity index (χ0n) is 8.21. The van der Waals surface area contributed by atoms with Gasteiger partial charge < -0.3 is 5.11 Å². The molecule has 0 radical (unpaired) electrons. The van der Waals surface area contributed by atoms with E-state index in [2.05, 4.69) is 5.10 Å². The van der Waals surface area contributed by atoms with Crippen molar-refractivity contribution in [1.29, 1.82) is 0 Å². The van der Waals surface area contributed by atoms with E-state index in [1.807, 2.05) is 31.4 Å². The van der Waals surface area contributed by atoms with Gasteiger partial charge in [-0.3, -0.25) is 4.68 Å². The van der Waals surface area contributed by atoms with Gasteiger partial charge in [-0.15, -0.1) is 0 Å². The van der Waals surface area contributed by atoms with Crippen LogP contribution >= 0.6 is 0 Å². The Morgan fingerprint density at radius 3 is 3.07 bits per heavy atom. The second kappa shape index (κ2) is 3.57. The molecule has 1 N–H and O–H groups in total. The van der Waals surface area contributed by atoms with Crippen LogP contribution in [0.3, 0.4) is 0 Å². The van der Waals surface area contributed by atoms with Crippen LogP contribution in [0, 0.1) is 0 Å². The van der Waals surface area contributed by atoms with Crippen molar-refractivity contribution in [3.63, 3.8) is 0 Å². The van der Waals surface area contributed by atoms with E-state index in [1.165, 1.54) is 0 Å². The summed E-state index contributed by atoms with van der Waals surface area (Å²) in [6, 6.07) is 5.64. The molecule has 0 aliphatic rings. The number of nitrogens with zero attached hydrogens (tertiary/aromatic N) is 2. The normalized spacial score (nSPS) is 11.3. The standard InChI is InChI=1S/C11H10N2O2/c1-13-7-9-4-2-8(3-5-11(14)15)6-10(9)12-13/h2-7H,1H3,(H,14,15)/b5-3+. The van der Waals surface area contributed by atoms with Crippen molar-refractivity contribution in [2.24, 2.45) is 7.05 Å². The summed E-state index contributed by atoms with van der Waals surface area (Å²) in [5, 5.41) is 13.8. The van der Waals surface area contributed by atoms with Gasteiger partial charge in [0.15, 0.2) is 0 Å². The Balaban J connectivity index is 2.42. The third-order valence-electron chi connectivity index (χ3n) is 2.06. The number of aliphatic carboxylic acids is 1. The molecule has 4 heteroatoms. The van der Waals surface area contributed by atoms with E-state index in [-0.39, 0.29) is 0 Å². The molecule has 2 rings (SSSR count). The van der Waals surface area contributed by atoms with E-state index in [9.17, 15) is 4.79 Å². The molecule has 0 amide bonds. The SMILES string of the molecule is Cn1cc2ccc(/C=C/C(=O)O)cc2n1. The van der Waals surface area contributed by atoms with Crippen LogP contribution in [0.15, 0.2) is 30.5 Å². The third-order valence-corrected chi connectivity index (χ3v) is 2.06. The van der Waals surface area contributed by atoms with Gasteiger partial charge in [0.1, 0.15) is 0 Å². The molecule has 0 atom stereocenters. The highest BCUT2D eigenvalue weighted by molar-refractivity contribution is 5.87. The summed E-state index contributed by atoms with van der Waals surface area (Å²) >= 11 is 0. The molecule has 2 aromatic rings. The summed E-state index contributed by atoms with van der Waals surface area (Å²) in [5.41, 5.74) is 1.70. The molecule has 0 aliphatic carbocycles. The number of aromatic nitrogens is 2.